The van der Waals surface area contributed by atoms with E-state index in [9.17, 15) is 4.79 Å². The van der Waals surface area contributed by atoms with Crippen molar-refractivity contribution in [2.24, 2.45) is 29.6 Å². The van der Waals surface area contributed by atoms with Crippen LogP contribution < -0.4 is 0 Å². The van der Waals surface area contributed by atoms with Gasteiger partial charge >= 0.3 is 0 Å². The van der Waals surface area contributed by atoms with E-state index in [1.165, 1.54) is 12.0 Å². The molecule has 1 aliphatic rings. The Kier molecular flexibility index (Phi) is 4.76. The smallest absolute Gasteiger partial charge is 0.123 e. The maximum Gasteiger partial charge on any atom is 0.123 e. The lowest BCUT2D eigenvalue weighted by atomic mass is 9.68. The quantitative estimate of drug-likeness (QED) is 0.517. The second-order valence-electron chi connectivity index (χ2n) is 5.89. The van der Waals surface area contributed by atoms with Crippen LogP contribution in [0.1, 0.15) is 47.5 Å². The van der Waals surface area contributed by atoms with Gasteiger partial charge in [0.05, 0.1) is 0 Å². The number of carbonyl (C=O) groups excluding carboxylic acids is 1. The Labute approximate surface area is 100 Å². The van der Waals surface area contributed by atoms with Gasteiger partial charge in [0.2, 0.25) is 0 Å². The normalized spacial score (nSPS) is 32.4. The Balaban J connectivity index is 2.72. The van der Waals surface area contributed by atoms with Gasteiger partial charge in [-0.3, -0.25) is 0 Å². The zero-order valence-electron chi connectivity index (χ0n) is 11.4. The zero-order chi connectivity index (χ0) is 12.3. The molecule has 0 saturated carbocycles. The monoisotopic (exact) mass is 222 g/mol. The van der Waals surface area contributed by atoms with Crippen molar-refractivity contribution >= 4 is 6.29 Å². The van der Waals surface area contributed by atoms with E-state index >= 15 is 0 Å². The molecule has 0 saturated heterocycles. The van der Waals surface area contributed by atoms with Crippen molar-refractivity contribution in [3.8, 4) is 0 Å². The average Bonchev–Trinajstić information content (AvgIpc) is 2.24. The first-order valence-corrected chi connectivity index (χ1v) is 6.61. The molecule has 0 aromatic carbocycles. The third-order valence-corrected chi connectivity index (χ3v) is 4.35. The Morgan fingerprint density at radius 2 is 2.00 bits per heavy atom. The molecule has 1 aliphatic carbocycles. The van der Waals surface area contributed by atoms with Crippen LogP contribution in [-0.4, -0.2) is 6.29 Å². The number of allylic oxidation sites excluding steroid dienone is 2. The predicted octanol–water partition coefficient (Wildman–Crippen LogP) is 4.09. The van der Waals surface area contributed by atoms with Crippen molar-refractivity contribution in [2.75, 3.05) is 0 Å². The fraction of sp³-hybridized carbons (Fsp3) is 0.800. The number of hydrogen-bond donors (Lipinski definition) is 0. The third kappa shape index (κ3) is 2.96. The first-order valence-electron chi connectivity index (χ1n) is 6.61. The Hall–Kier alpha value is -0.590. The predicted molar refractivity (Wildman–Crippen MR) is 69.2 cm³/mol. The minimum atomic E-state index is 0.177. The van der Waals surface area contributed by atoms with E-state index in [1.807, 2.05) is 6.92 Å². The SMILES string of the molecule is CC(C=O)CC1=CC[C@H](C(C)C)[C@H](C)[C@H]1C. The first-order chi connectivity index (χ1) is 7.47. The second kappa shape index (κ2) is 5.65. The highest BCUT2D eigenvalue weighted by Crippen LogP contribution is 2.40. The van der Waals surface area contributed by atoms with Crippen molar-refractivity contribution < 1.29 is 4.79 Å². The van der Waals surface area contributed by atoms with E-state index < -0.39 is 0 Å². The summed E-state index contributed by atoms with van der Waals surface area (Å²) in [5.41, 5.74) is 1.50. The molecule has 0 aromatic heterocycles. The Morgan fingerprint density at radius 3 is 2.50 bits per heavy atom. The molecule has 16 heavy (non-hydrogen) atoms. The van der Waals surface area contributed by atoms with Crippen LogP contribution in [0.25, 0.3) is 0 Å². The van der Waals surface area contributed by atoms with Gasteiger partial charge in [0.15, 0.2) is 0 Å². The summed E-state index contributed by atoms with van der Waals surface area (Å²) in [6, 6.07) is 0. The van der Waals surface area contributed by atoms with Crippen LogP contribution in [0, 0.1) is 29.6 Å². The van der Waals surface area contributed by atoms with E-state index in [2.05, 4.69) is 33.8 Å². The molecule has 0 bridgehead atoms. The van der Waals surface area contributed by atoms with Crippen molar-refractivity contribution in [3.63, 3.8) is 0 Å². The number of carbonyl (C=O) groups is 1. The van der Waals surface area contributed by atoms with Gasteiger partial charge in [0, 0.05) is 5.92 Å². The van der Waals surface area contributed by atoms with Crippen LogP contribution in [-0.2, 0) is 4.79 Å². The molecule has 4 atom stereocenters. The molecule has 1 heteroatoms. The summed E-state index contributed by atoms with van der Waals surface area (Å²) >= 11 is 0. The van der Waals surface area contributed by atoms with Crippen LogP contribution in [0.15, 0.2) is 11.6 Å². The van der Waals surface area contributed by atoms with E-state index in [4.69, 9.17) is 0 Å². The zero-order valence-corrected chi connectivity index (χ0v) is 11.4. The number of hydrogen-bond acceptors (Lipinski definition) is 1. The van der Waals surface area contributed by atoms with E-state index in [-0.39, 0.29) is 5.92 Å². The van der Waals surface area contributed by atoms with Gasteiger partial charge in [-0.25, -0.2) is 0 Å². The molecular weight excluding hydrogens is 196 g/mol. The second-order valence-corrected chi connectivity index (χ2v) is 5.89. The lowest BCUT2D eigenvalue weighted by Gasteiger charge is -2.37. The van der Waals surface area contributed by atoms with Crippen molar-refractivity contribution in [1.29, 1.82) is 0 Å². The summed E-state index contributed by atoms with van der Waals surface area (Å²) < 4.78 is 0. The fourth-order valence-corrected chi connectivity index (χ4v) is 2.96. The molecule has 0 aliphatic heterocycles. The molecule has 1 rings (SSSR count). The molecule has 0 spiro atoms. The van der Waals surface area contributed by atoms with Crippen LogP contribution in [0.3, 0.4) is 0 Å². The number of aldehydes is 1. The van der Waals surface area contributed by atoms with Gasteiger partial charge in [0.1, 0.15) is 6.29 Å². The minimum Gasteiger partial charge on any atom is -0.303 e. The fourth-order valence-electron chi connectivity index (χ4n) is 2.96. The molecule has 1 nitrogen and oxygen atoms in total. The highest BCUT2D eigenvalue weighted by molar-refractivity contribution is 5.53. The molecule has 1 unspecified atom stereocenters. The van der Waals surface area contributed by atoms with Crippen molar-refractivity contribution in [1.82, 2.24) is 0 Å². The lowest BCUT2D eigenvalue weighted by molar-refractivity contribution is -0.110. The lowest BCUT2D eigenvalue weighted by Crippen LogP contribution is -2.28. The molecule has 0 N–H and O–H groups in total. The van der Waals surface area contributed by atoms with Crippen molar-refractivity contribution in [3.05, 3.63) is 11.6 Å². The molecule has 92 valence electrons. The molecule has 0 fully saturated rings. The minimum absolute atomic E-state index is 0.177. The summed E-state index contributed by atoms with van der Waals surface area (Å²) in [4.78, 5) is 10.7. The molecule has 0 heterocycles. The summed E-state index contributed by atoms with van der Waals surface area (Å²) in [7, 11) is 0. The van der Waals surface area contributed by atoms with E-state index in [0.717, 1.165) is 30.5 Å². The summed E-state index contributed by atoms with van der Waals surface area (Å²) in [5, 5.41) is 0. The standard InChI is InChI=1S/C15H26O/c1-10(2)15-7-6-14(8-11(3)9-16)12(4)13(15)5/h6,9-13,15H,7-8H2,1-5H3/t11?,12-,13-,15-/m1/s1. The van der Waals surface area contributed by atoms with Gasteiger partial charge < -0.3 is 4.79 Å². The van der Waals surface area contributed by atoms with Gasteiger partial charge in [0.25, 0.3) is 0 Å². The number of rotatable bonds is 4. The third-order valence-electron chi connectivity index (χ3n) is 4.35. The van der Waals surface area contributed by atoms with Crippen LogP contribution >= 0.6 is 0 Å². The van der Waals surface area contributed by atoms with Crippen molar-refractivity contribution in [2.45, 2.75) is 47.5 Å². The van der Waals surface area contributed by atoms with E-state index in [1.54, 1.807) is 0 Å². The summed E-state index contributed by atoms with van der Waals surface area (Å²) in [5.74, 6) is 3.14. The maximum absolute atomic E-state index is 10.7. The van der Waals surface area contributed by atoms with Crippen LogP contribution in [0.2, 0.25) is 0 Å². The first kappa shape index (κ1) is 13.5. The Bertz CT molecular complexity index is 265. The summed E-state index contributed by atoms with van der Waals surface area (Å²) in [6.45, 7) is 11.3. The molecule has 0 aromatic rings. The molecule has 0 amide bonds. The van der Waals surface area contributed by atoms with Crippen LogP contribution in [0.4, 0.5) is 0 Å². The Morgan fingerprint density at radius 1 is 1.38 bits per heavy atom. The van der Waals surface area contributed by atoms with Gasteiger partial charge in [-0.2, -0.15) is 0 Å². The highest BCUT2D eigenvalue weighted by Gasteiger charge is 2.30. The van der Waals surface area contributed by atoms with E-state index in [0.29, 0.717) is 5.92 Å². The topological polar surface area (TPSA) is 17.1 Å². The molecular formula is C15H26O. The van der Waals surface area contributed by atoms with Crippen LogP contribution in [0.5, 0.6) is 0 Å². The maximum atomic E-state index is 10.7. The largest absolute Gasteiger partial charge is 0.303 e. The summed E-state index contributed by atoms with van der Waals surface area (Å²) in [6.07, 6.45) is 5.63. The van der Waals surface area contributed by atoms with Gasteiger partial charge in [-0.15, -0.1) is 0 Å². The molecule has 0 radical (unpaired) electrons. The highest BCUT2D eigenvalue weighted by atomic mass is 16.1. The average molecular weight is 222 g/mol. The van der Waals surface area contributed by atoms with Gasteiger partial charge in [-0.05, 0) is 36.5 Å². The van der Waals surface area contributed by atoms with Gasteiger partial charge in [-0.1, -0.05) is 46.3 Å².